The maximum atomic E-state index is 11.2. The van der Waals surface area contributed by atoms with Crippen LogP contribution in [0.3, 0.4) is 0 Å². The monoisotopic (exact) mass is 424 g/mol. The molecule has 0 aliphatic heterocycles. The summed E-state index contributed by atoms with van der Waals surface area (Å²) in [6, 6.07) is 16.2. The van der Waals surface area contributed by atoms with Gasteiger partial charge in [-0.15, -0.1) is 0 Å². The van der Waals surface area contributed by atoms with E-state index in [2.05, 4.69) is 16.8 Å². The lowest BCUT2D eigenvalue weighted by Gasteiger charge is -2.22. The van der Waals surface area contributed by atoms with Crippen LogP contribution < -0.4 is 9.64 Å². The first-order chi connectivity index (χ1) is 14.9. The molecular weight excluding hydrogens is 392 g/mol. The van der Waals surface area contributed by atoms with Crippen molar-refractivity contribution in [1.29, 1.82) is 0 Å². The maximum absolute atomic E-state index is 11.2. The Morgan fingerprint density at radius 1 is 1.06 bits per heavy atom. The zero-order valence-electron chi connectivity index (χ0n) is 18.6. The number of fused-ring (bicyclic) bond motifs is 1. The van der Waals surface area contributed by atoms with Gasteiger partial charge in [0.1, 0.15) is 11.3 Å². The molecule has 3 rings (SSSR count). The summed E-state index contributed by atoms with van der Waals surface area (Å²) in [6.07, 6.45) is 5.35. The van der Waals surface area contributed by atoms with Crippen LogP contribution in [-0.2, 0) is 11.2 Å². The van der Waals surface area contributed by atoms with Gasteiger partial charge in [0.05, 0.1) is 0 Å². The van der Waals surface area contributed by atoms with Gasteiger partial charge in [-0.05, 0) is 62.9 Å². The van der Waals surface area contributed by atoms with Crippen LogP contribution in [0.5, 0.6) is 5.75 Å². The minimum absolute atomic E-state index is 0.559. The lowest BCUT2D eigenvalue weighted by Crippen LogP contribution is -2.37. The Balaban J connectivity index is 1.59. The Morgan fingerprint density at radius 3 is 2.45 bits per heavy atom. The summed E-state index contributed by atoms with van der Waals surface area (Å²) < 4.78 is 11.6. The average Bonchev–Trinajstić information content (AvgIpc) is 3.18. The molecule has 0 fully saturated rings. The first-order valence-corrected chi connectivity index (χ1v) is 11.0. The number of aliphatic carboxylic acids is 1. The Morgan fingerprint density at radius 2 is 1.77 bits per heavy atom. The molecule has 0 saturated carbocycles. The van der Waals surface area contributed by atoms with E-state index in [4.69, 9.17) is 9.15 Å². The summed E-state index contributed by atoms with van der Waals surface area (Å²) in [5.74, 6) is -0.428. The van der Waals surface area contributed by atoms with Crippen LogP contribution in [0.25, 0.3) is 11.1 Å². The quantitative estimate of drug-likeness (QED) is 0.376. The highest BCUT2D eigenvalue weighted by Gasteiger charge is 2.29. The number of hydrogen-bond donors (Lipinski definition) is 1. The fourth-order valence-electron chi connectivity index (χ4n) is 3.39. The van der Waals surface area contributed by atoms with Gasteiger partial charge < -0.3 is 19.2 Å². The number of para-hydroxylation sites is 2. The predicted molar refractivity (Wildman–Crippen MR) is 123 cm³/mol. The summed E-state index contributed by atoms with van der Waals surface area (Å²) in [7, 11) is 0. The molecule has 3 aromatic rings. The van der Waals surface area contributed by atoms with Crippen molar-refractivity contribution in [2.24, 2.45) is 0 Å². The zero-order chi connectivity index (χ0) is 22.3. The van der Waals surface area contributed by atoms with E-state index in [0.29, 0.717) is 11.8 Å². The number of rotatable bonds is 12. The highest BCUT2D eigenvalue weighted by atomic mass is 16.5. The van der Waals surface area contributed by atoms with Crippen LogP contribution in [0.2, 0.25) is 0 Å². The smallest absolute Gasteiger partial charge is 0.347 e. The van der Waals surface area contributed by atoms with Gasteiger partial charge in [-0.3, -0.25) is 0 Å². The third-order valence-corrected chi connectivity index (χ3v) is 5.29. The molecule has 166 valence electrons. The van der Waals surface area contributed by atoms with Crippen molar-refractivity contribution in [1.82, 2.24) is 4.98 Å². The third-order valence-electron chi connectivity index (χ3n) is 5.29. The number of carboxylic acids is 1. The van der Waals surface area contributed by atoms with E-state index < -0.39 is 11.6 Å². The molecule has 6 heteroatoms. The maximum Gasteiger partial charge on any atom is 0.347 e. The van der Waals surface area contributed by atoms with Crippen molar-refractivity contribution in [2.45, 2.75) is 58.5 Å². The number of ether oxygens (including phenoxy) is 1. The number of unbranched alkanes of at least 4 members (excludes halogenated alkanes) is 2. The Hall–Kier alpha value is -3.02. The molecule has 2 aromatic carbocycles. The van der Waals surface area contributed by atoms with Crippen LogP contribution in [-0.4, -0.2) is 34.8 Å². The highest BCUT2D eigenvalue weighted by Crippen LogP contribution is 2.23. The normalized spacial score (nSPS) is 11.6. The van der Waals surface area contributed by atoms with Crippen LogP contribution in [0.1, 0.15) is 52.0 Å². The molecule has 0 aliphatic carbocycles. The van der Waals surface area contributed by atoms with E-state index in [1.165, 1.54) is 18.4 Å². The molecule has 0 saturated heterocycles. The number of carbonyl (C=O) groups is 1. The Labute approximate surface area is 183 Å². The van der Waals surface area contributed by atoms with Crippen molar-refractivity contribution < 1.29 is 19.1 Å². The van der Waals surface area contributed by atoms with Crippen molar-refractivity contribution in [2.75, 3.05) is 18.0 Å². The lowest BCUT2D eigenvalue weighted by molar-refractivity contribution is -0.152. The van der Waals surface area contributed by atoms with Crippen LogP contribution in [0.15, 0.2) is 52.9 Å². The molecule has 0 radical (unpaired) electrons. The average molecular weight is 425 g/mol. The summed E-state index contributed by atoms with van der Waals surface area (Å²) in [6.45, 7) is 7.08. The second-order valence-corrected chi connectivity index (χ2v) is 8.32. The molecule has 0 spiro atoms. The molecule has 0 aliphatic rings. The van der Waals surface area contributed by atoms with Gasteiger partial charge in [-0.2, -0.15) is 4.98 Å². The SMILES string of the molecule is CCCCCN(CCCc1ccc(OC(C)(C)C(=O)O)cc1)c1nc2ccccc2o1. The largest absolute Gasteiger partial charge is 0.478 e. The van der Waals surface area contributed by atoms with E-state index in [0.717, 1.165) is 43.5 Å². The molecule has 6 nitrogen and oxygen atoms in total. The molecule has 31 heavy (non-hydrogen) atoms. The van der Waals surface area contributed by atoms with Gasteiger partial charge in [0.25, 0.3) is 6.01 Å². The van der Waals surface area contributed by atoms with E-state index in [-0.39, 0.29) is 0 Å². The number of hydrogen-bond acceptors (Lipinski definition) is 5. The zero-order valence-corrected chi connectivity index (χ0v) is 18.6. The number of aryl methyl sites for hydroxylation is 1. The fourth-order valence-corrected chi connectivity index (χ4v) is 3.39. The summed E-state index contributed by atoms with van der Waals surface area (Å²) in [4.78, 5) is 18.1. The Bertz CT molecular complexity index is 946. The standard InChI is InChI=1S/C25H32N2O4/c1-4-5-8-17-27(24-26-21-11-6-7-12-22(21)30-24)18-9-10-19-13-15-20(16-14-19)31-25(2,3)23(28)29/h6-7,11-16H,4-5,8-10,17-18H2,1-3H3,(H,28,29). The number of benzene rings is 2. The number of aromatic nitrogens is 1. The lowest BCUT2D eigenvalue weighted by atomic mass is 10.1. The van der Waals surface area contributed by atoms with Gasteiger partial charge >= 0.3 is 5.97 Å². The van der Waals surface area contributed by atoms with Crippen LogP contribution in [0.4, 0.5) is 6.01 Å². The predicted octanol–water partition coefficient (Wildman–Crippen LogP) is 5.70. The molecule has 0 unspecified atom stereocenters. The van der Waals surface area contributed by atoms with E-state index in [1.807, 2.05) is 48.5 Å². The van der Waals surface area contributed by atoms with Crippen molar-refractivity contribution >= 4 is 23.1 Å². The van der Waals surface area contributed by atoms with Gasteiger partial charge in [-0.25, -0.2) is 4.79 Å². The number of anilines is 1. The second-order valence-electron chi connectivity index (χ2n) is 8.32. The van der Waals surface area contributed by atoms with E-state index >= 15 is 0 Å². The highest BCUT2D eigenvalue weighted by molar-refractivity contribution is 5.76. The number of oxazole rings is 1. The fraction of sp³-hybridized carbons (Fsp3) is 0.440. The third kappa shape index (κ3) is 6.23. The summed E-state index contributed by atoms with van der Waals surface area (Å²) in [5.41, 5.74) is 1.64. The van der Waals surface area contributed by atoms with Crippen molar-refractivity contribution in [3.05, 3.63) is 54.1 Å². The topological polar surface area (TPSA) is 75.8 Å². The van der Waals surface area contributed by atoms with Gasteiger partial charge in [0, 0.05) is 13.1 Å². The van der Waals surface area contributed by atoms with E-state index in [1.54, 1.807) is 13.8 Å². The van der Waals surface area contributed by atoms with Gasteiger partial charge in [0.15, 0.2) is 11.2 Å². The van der Waals surface area contributed by atoms with Crippen molar-refractivity contribution in [3.63, 3.8) is 0 Å². The molecule has 0 amide bonds. The molecule has 1 heterocycles. The first-order valence-electron chi connectivity index (χ1n) is 11.0. The van der Waals surface area contributed by atoms with Crippen molar-refractivity contribution in [3.8, 4) is 5.75 Å². The molecular formula is C25H32N2O4. The molecule has 1 N–H and O–H groups in total. The first kappa shape index (κ1) is 22.7. The number of nitrogens with zero attached hydrogens (tertiary/aromatic N) is 2. The van der Waals surface area contributed by atoms with Gasteiger partial charge in [0.2, 0.25) is 0 Å². The van der Waals surface area contributed by atoms with E-state index in [9.17, 15) is 9.90 Å². The minimum Gasteiger partial charge on any atom is -0.478 e. The molecule has 1 aromatic heterocycles. The molecule has 0 atom stereocenters. The second kappa shape index (κ2) is 10.3. The summed E-state index contributed by atoms with van der Waals surface area (Å²) in [5, 5.41) is 9.20. The minimum atomic E-state index is -1.25. The molecule has 0 bridgehead atoms. The van der Waals surface area contributed by atoms with Crippen LogP contribution >= 0.6 is 0 Å². The van der Waals surface area contributed by atoms with Crippen LogP contribution in [0, 0.1) is 0 Å². The Kier molecular flexibility index (Phi) is 7.55. The van der Waals surface area contributed by atoms with Gasteiger partial charge in [-0.1, -0.05) is 44.0 Å². The number of carboxylic acid groups (broad SMARTS) is 1. The summed E-state index contributed by atoms with van der Waals surface area (Å²) >= 11 is 0.